The standard InChI is InChI=1S/C11H12ClNO5/c12-8-2-1-7(18-8)9(14)13-11(10(15)16)3-5-17-6-4-11/h1-2H,3-6H2,(H,13,14)(H,15,16). The third-order valence-corrected chi connectivity index (χ3v) is 3.11. The highest BCUT2D eigenvalue weighted by Crippen LogP contribution is 2.22. The minimum absolute atomic E-state index is 0.00730. The lowest BCUT2D eigenvalue weighted by Crippen LogP contribution is -2.57. The third kappa shape index (κ3) is 2.49. The average molecular weight is 274 g/mol. The first kappa shape index (κ1) is 12.9. The van der Waals surface area contributed by atoms with Gasteiger partial charge in [-0.2, -0.15) is 0 Å². The van der Waals surface area contributed by atoms with Crippen LogP contribution >= 0.6 is 11.6 Å². The average Bonchev–Trinajstić information content (AvgIpc) is 2.77. The van der Waals surface area contributed by atoms with Gasteiger partial charge in [0, 0.05) is 26.1 Å². The molecular weight excluding hydrogens is 262 g/mol. The SMILES string of the molecule is O=C(NC1(C(=O)O)CCOCC1)c1ccc(Cl)o1. The van der Waals surface area contributed by atoms with Gasteiger partial charge in [-0.15, -0.1) is 0 Å². The van der Waals surface area contributed by atoms with Crippen LogP contribution in [0.25, 0.3) is 0 Å². The lowest BCUT2D eigenvalue weighted by molar-refractivity contribution is -0.148. The van der Waals surface area contributed by atoms with Gasteiger partial charge in [0.2, 0.25) is 0 Å². The largest absolute Gasteiger partial charge is 0.480 e. The van der Waals surface area contributed by atoms with Gasteiger partial charge in [-0.25, -0.2) is 4.79 Å². The molecule has 2 rings (SSSR count). The number of amides is 1. The highest BCUT2D eigenvalue weighted by molar-refractivity contribution is 6.29. The summed E-state index contributed by atoms with van der Waals surface area (Å²) in [7, 11) is 0. The predicted octanol–water partition coefficient (Wildman–Crippen LogP) is 1.30. The molecule has 2 N–H and O–H groups in total. The molecule has 1 fully saturated rings. The van der Waals surface area contributed by atoms with Gasteiger partial charge in [0.15, 0.2) is 11.0 Å². The normalized spacial score (nSPS) is 18.3. The summed E-state index contributed by atoms with van der Waals surface area (Å²) in [5.74, 6) is -1.67. The van der Waals surface area contributed by atoms with E-state index < -0.39 is 17.4 Å². The van der Waals surface area contributed by atoms with Crippen molar-refractivity contribution in [2.45, 2.75) is 18.4 Å². The number of carboxylic acid groups (broad SMARTS) is 1. The molecule has 1 aliphatic rings. The lowest BCUT2D eigenvalue weighted by Gasteiger charge is -2.33. The van der Waals surface area contributed by atoms with Gasteiger partial charge in [0.25, 0.3) is 5.91 Å². The van der Waals surface area contributed by atoms with Crippen LogP contribution in [-0.4, -0.2) is 35.7 Å². The Morgan fingerprint density at radius 2 is 2.00 bits per heavy atom. The van der Waals surface area contributed by atoms with Gasteiger partial charge < -0.3 is 19.6 Å². The van der Waals surface area contributed by atoms with E-state index in [0.717, 1.165) is 0 Å². The summed E-state index contributed by atoms with van der Waals surface area (Å²) >= 11 is 5.56. The van der Waals surface area contributed by atoms with E-state index in [2.05, 4.69) is 5.32 Å². The summed E-state index contributed by atoms with van der Waals surface area (Å²) in [4.78, 5) is 23.2. The zero-order valence-corrected chi connectivity index (χ0v) is 10.2. The molecule has 0 unspecified atom stereocenters. The molecule has 1 aromatic heterocycles. The number of hydrogen-bond acceptors (Lipinski definition) is 4. The monoisotopic (exact) mass is 273 g/mol. The van der Waals surface area contributed by atoms with E-state index in [9.17, 15) is 14.7 Å². The molecule has 0 radical (unpaired) electrons. The van der Waals surface area contributed by atoms with Gasteiger partial charge in [-0.3, -0.25) is 4.79 Å². The van der Waals surface area contributed by atoms with Crippen molar-refractivity contribution in [3.63, 3.8) is 0 Å². The predicted molar refractivity (Wildman–Crippen MR) is 61.6 cm³/mol. The molecule has 0 atom stereocenters. The van der Waals surface area contributed by atoms with Crippen molar-refractivity contribution in [2.24, 2.45) is 0 Å². The fourth-order valence-electron chi connectivity index (χ4n) is 1.83. The first-order valence-corrected chi connectivity index (χ1v) is 5.80. The van der Waals surface area contributed by atoms with Crippen molar-refractivity contribution in [3.8, 4) is 0 Å². The number of halogens is 1. The number of ether oxygens (including phenoxy) is 1. The van der Waals surface area contributed by atoms with Gasteiger partial charge in [-0.1, -0.05) is 0 Å². The fraction of sp³-hybridized carbons (Fsp3) is 0.455. The van der Waals surface area contributed by atoms with Gasteiger partial charge in [-0.05, 0) is 23.7 Å². The van der Waals surface area contributed by atoms with Gasteiger partial charge in [0.05, 0.1) is 0 Å². The zero-order chi connectivity index (χ0) is 13.2. The number of carboxylic acids is 1. The molecule has 0 aliphatic carbocycles. The maximum atomic E-state index is 11.9. The Balaban J connectivity index is 2.14. The van der Waals surface area contributed by atoms with Crippen LogP contribution in [0.1, 0.15) is 23.4 Å². The Kier molecular flexibility index (Phi) is 3.58. The summed E-state index contributed by atoms with van der Waals surface area (Å²) < 4.78 is 10.0. The van der Waals surface area contributed by atoms with Crippen molar-refractivity contribution >= 4 is 23.5 Å². The number of furan rings is 1. The molecular formula is C11H12ClNO5. The van der Waals surface area contributed by atoms with Crippen LogP contribution in [0.5, 0.6) is 0 Å². The molecule has 0 aromatic carbocycles. The van der Waals surface area contributed by atoms with Crippen LogP contribution in [0, 0.1) is 0 Å². The highest BCUT2D eigenvalue weighted by Gasteiger charge is 2.42. The Hall–Kier alpha value is -1.53. The highest BCUT2D eigenvalue weighted by atomic mass is 35.5. The van der Waals surface area contributed by atoms with Crippen molar-refractivity contribution in [1.29, 1.82) is 0 Å². The molecule has 1 amide bonds. The van der Waals surface area contributed by atoms with Crippen LogP contribution in [-0.2, 0) is 9.53 Å². The Labute approximate surface area is 108 Å². The molecule has 0 spiro atoms. The fourth-order valence-corrected chi connectivity index (χ4v) is 1.97. The topological polar surface area (TPSA) is 88.8 Å². The molecule has 98 valence electrons. The van der Waals surface area contributed by atoms with E-state index in [4.69, 9.17) is 20.8 Å². The first-order valence-electron chi connectivity index (χ1n) is 5.42. The summed E-state index contributed by atoms with van der Waals surface area (Å²) in [6.07, 6.45) is 0.449. The zero-order valence-electron chi connectivity index (χ0n) is 9.44. The van der Waals surface area contributed by atoms with E-state index >= 15 is 0 Å². The molecule has 18 heavy (non-hydrogen) atoms. The Bertz CT molecular complexity index is 464. The second-order valence-electron chi connectivity index (χ2n) is 4.06. The van der Waals surface area contributed by atoms with Crippen molar-refractivity contribution in [3.05, 3.63) is 23.1 Å². The molecule has 1 aromatic rings. The number of nitrogens with one attached hydrogen (secondary N) is 1. The molecule has 0 bridgehead atoms. The van der Waals surface area contributed by atoms with Gasteiger partial charge >= 0.3 is 5.97 Å². The van der Waals surface area contributed by atoms with E-state index in [1.807, 2.05) is 0 Å². The second kappa shape index (κ2) is 4.99. The Morgan fingerprint density at radius 1 is 1.33 bits per heavy atom. The number of hydrogen-bond donors (Lipinski definition) is 2. The number of rotatable bonds is 3. The molecule has 1 saturated heterocycles. The molecule has 6 nitrogen and oxygen atoms in total. The van der Waals surface area contributed by atoms with E-state index in [0.29, 0.717) is 13.2 Å². The van der Waals surface area contributed by atoms with Crippen LogP contribution < -0.4 is 5.32 Å². The summed E-state index contributed by atoms with van der Waals surface area (Å²) in [5, 5.41) is 11.8. The van der Waals surface area contributed by atoms with E-state index in [1.54, 1.807) is 0 Å². The van der Waals surface area contributed by atoms with Crippen LogP contribution in [0.4, 0.5) is 0 Å². The molecule has 0 saturated carbocycles. The summed E-state index contributed by atoms with van der Waals surface area (Å²) in [6, 6.07) is 2.82. The molecule has 7 heteroatoms. The maximum Gasteiger partial charge on any atom is 0.329 e. The minimum Gasteiger partial charge on any atom is -0.480 e. The summed E-state index contributed by atoms with van der Waals surface area (Å²) in [6.45, 7) is 0.594. The van der Waals surface area contributed by atoms with Crippen molar-refractivity contribution < 1.29 is 23.8 Å². The Morgan fingerprint density at radius 3 is 2.50 bits per heavy atom. The first-order chi connectivity index (χ1) is 8.53. The maximum absolute atomic E-state index is 11.9. The minimum atomic E-state index is -1.30. The number of carbonyl (C=O) groups excluding carboxylic acids is 1. The van der Waals surface area contributed by atoms with Crippen LogP contribution in [0.2, 0.25) is 5.22 Å². The number of carbonyl (C=O) groups is 2. The van der Waals surface area contributed by atoms with Crippen LogP contribution in [0.3, 0.4) is 0 Å². The van der Waals surface area contributed by atoms with E-state index in [-0.39, 0.29) is 23.8 Å². The van der Waals surface area contributed by atoms with Crippen molar-refractivity contribution in [1.82, 2.24) is 5.32 Å². The van der Waals surface area contributed by atoms with Gasteiger partial charge in [0.1, 0.15) is 5.54 Å². The quantitative estimate of drug-likeness (QED) is 0.866. The van der Waals surface area contributed by atoms with E-state index in [1.165, 1.54) is 12.1 Å². The number of aliphatic carboxylic acids is 1. The third-order valence-electron chi connectivity index (χ3n) is 2.91. The lowest BCUT2D eigenvalue weighted by atomic mass is 9.90. The van der Waals surface area contributed by atoms with Crippen molar-refractivity contribution in [2.75, 3.05) is 13.2 Å². The second-order valence-corrected chi connectivity index (χ2v) is 4.43. The smallest absolute Gasteiger partial charge is 0.329 e. The molecule has 2 heterocycles. The molecule has 1 aliphatic heterocycles. The summed E-state index contributed by atoms with van der Waals surface area (Å²) in [5.41, 5.74) is -1.30. The van der Waals surface area contributed by atoms with Crippen LogP contribution in [0.15, 0.2) is 16.5 Å².